The highest BCUT2D eigenvalue weighted by atomic mass is 79.9. The van der Waals surface area contributed by atoms with Crippen LogP contribution in [-0.2, 0) is 9.53 Å². The summed E-state index contributed by atoms with van der Waals surface area (Å²) in [6, 6.07) is 9.59. The number of methoxy groups -OCH3 is 1. The molecule has 0 fully saturated rings. The summed E-state index contributed by atoms with van der Waals surface area (Å²) in [5, 5.41) is 12.7. The SMILES string of the molecule is COC(=O)c1sc(N2C(=O)C(O)=C(C(=O)c3cccs3)[C@@H]2c2cccc(Br)c2)nc1C. The Morgan fingerprint density at radius 1 is 1.26 bits per heavy atom. The molecule has 1 N–H and O–H groups in total. The van der Waals surface area contributed by atoms with Gasteiger partial charge in [-0.3, -0.25) is 14.5 Å². The van der Waals surface area contributed by atoms with Crippen LogP contribution in [0.25, 0.3) is 0 Å². The number of halogens is 1. The maximum atomic E-state index is 13.2. The molecule has 158 valence electrons. The summed E-state index contributed by atoms with van der Waals surface area (Å²) in [6.45, 7) is 1.63. The fourth-order valence-electron chi connectivity index (χ4n) is 3.33. The number of ketones is 1. The predicted molar refractivity (Wildman–Crippen MR) is 121 cm³/mol. The van der Waals surface area contributed by atoms with E-state index in [1.54, 1.807) is 42.6 Å². The first kappa shape index (κ1) is 21.4. The second-order valence-electron chi connectivity index (χ2n) is 6.60. The number of hydrogen-bond donors (Lipinski definition) is 1. The van der Waals surface area contributed by atoms with Crippen molar-refractivity contribution in [2.24, 2.45) is 0 Å². The summed E-state index contributed by atoms with van der Waals surface area (Å²) < 4.78 is 5.53. The molecule has 7 nitrogen and oxygen atoms in total. The molecule has 0 aliphatic carbocycles. The number of ether oxygens (including phenoxy) is 1. The lowest BCUT2D eigenvalue weighted by Crippen LogP contribution is -2.31. The second kappa shape index (κ2) is 8.37. The molecule has 0 bridgehead atoms. The number of esters is 1. The molecule has 0 radical (unpaired) electrons. The van der Waals surface area contributed by atoms with Gasteiger partial charge in [-0.05, 0) is 36.1 Å². The van der Waals surface area contributed by atoms with Crippen molar-refractivity contribution in [3.63, 3.8) is 0 Å². The molecule has 2 aromatic heterocycles. The number of aliphatic hydroxyl groups excluding tert-OH is 1. The van der Waals surface area contributed by atoms with Gasteiger partial charge in [-0.25, -0.2) is 9.78 Å². The Morgan fingerprint density at radius 3 is 2.68 bits per heavy atom. The van der Waals surface area contributed by atoms with Crippen molar-refractivity contribution >= 4 is 61.4 Å². The van der Waals surface area contributed by atoms with Crippen molar-refractivity contribution in [2.75, 3.05) is 12.0 Å². The summed E-state index contributed by atoms with van der Waals surface area (Å²) in [5.74, 6) is -2.39. The van der Waals surface area contributed by atoms with Crippen molar-refractivity contribution in [3.8, 4) is 0 Å². The van der Waals surface area contributed by atoms with E-state index in [-0.39, 0.29) is 15.6 Å². The number of rotatable bonds is 5. The molecule has 1 amide bonds. The Labute approximate surface area is 193 Å². The molecule has 0 saturated heterocycles. The maximum Gasteiger partial charge on any atom is 0.350 e. The second-order valence-corrected chi connectivity index (χ2v) is 9.44. The number of thiazole rings is 1. The van der Waals surface area contributed by atoms with Crippen LogP contribution in [0.4, 0.5) is 5.13 Å². The molecule has 0 saturated carbocycles. The smallest absolute Gasteiger partial charge is 0.350 e. The first-order valence-corrected chi connectivity index (χ1v) is 11.5. The molecular formula is C21H15BrN2O5S2. The number of Topliss-reactive ketones (excluding diaryl/α,β-unsaturated/α-hetero) is 1. The molecule has 3 aromatic rings. The van der Waals surface area contributed by atoms with Gasteiger partial charge < -0.3 is 9.84 Å². The lowest BCUT2D eigenvalue weighted by molar-refractivity contribution is -0.117. The van der Waals surface area contributed by atoms with Gasteiger partial charge in [0.2, 0.25) is 5.78 Å². The molecule has 0 spiro atoms. The van der Waals surface area contributed by atoms with Crippen LogP contribution in [0.2, 0.25) is 0 Å². The van der Waals surface area contributed by atoms with Crippen LogP contribution in [0.5, 0.6) is 0 Å². The molecule has 3 heterocycles. The zero-order valence-corrected chi connectivity index (χ0v) is 19.5. The van der Waals surface area contributed by atoms with E-state index in [9.17, 15) is 19.5 Å². The van der Waals surface area contributed by atoms with Crippen molar-refractivity contribution < 1.29 is 24.2 Å². The molecule has 4 rings (SSSR count). The first-order chi connectivity index (χ1) is 14.8. The van der Waals surface area contributed by atoms with Crippen LogP contribution < -0.4 is 4.90 Å². The number of thiophene rings is 1. The third-order valence-corrected chi connectivity index (χ3v) is 7.22. The number of anilines is 1. The normalized spacial score (nSPS) is 16.2. The molecule has 1 atom stereocenters. The minimum atomic E-state index is -0.907. The van der Waals surface area contributed by atoms with E-state index in [0.717, 1.165) is 15.8 Å². The highest BCUT2D eigenvalue weighted by Crippen LogP contribution is 2.44. The van der Waals surface area contributed by atoms with Crippen molar-refractivity contribution in [3.05, 3.63) is 78.6 Å². The van der Waals surface area contributed by atoms with Gasteiger partial charge in [-0.1, -0.05) is 45.5 Å². The number of aryl methyl sites for hydroxylation is 1. The van der Waals surface area contributed by atoms with E-state index < -0.39 is 29.5 Å². The largest absolute Gasteiger partial charge is 0.503 e. The number of benzene rings is 1. The van der Waals surface area contributed by atoms with Crippen LogP contribution in [0.1, 0.15) is 36.6 Å². The average molecular weight is 519 g/mol. The zero-order valence-electron chi connectivity index (χ0n) is 16.3. The van der Waals surface area contributed by atoms with Gasteiger partial charge in [0.1, 0.15) is 4.88 Å². The number of hydrogen-bond acceptors (Lipinski definition) is 8. The Balaban J connectivity index is 1.88. The Morgan fingerprint density at radius 2 is 2.03 bits per heavy atom. The summed E-state index contributed by atoms with van der Waals surface area (Å²) in [7, 11) is 1.26. The molecular weight excluding hydrogens is 504 g/mol. The third kappa shape index (κ3) is 3.71. The molecule has 0 unspecified atom stereocenters. The van der Waals surface area contributed by atoms with Gasteiger partial charge in [0.15, 0.2) is 10.9 Å². The highest BCUT2D eigenvalue weighted by molar-refractivity contribution is 9.10. The lowest BCUT2D eigenvalue weighted by atomic mass is 9.96. The van der Waals surface area contributed by atoms with E-state index >= 15 is 0 Å². The van der Waals surface area contributed by atoms with E-state index in [1.807, 2.05) is 6.07 Å². The van der Waals surface area contributed by atoms with Crippen LogP contribution in [0, 0.1) is 6.92 Å². The third-order valence-electron chi connectivity index (χ3n) is 4.72. The van der Waals surface area contributed by atoms with Crippen LogP contribution in [0.3, 0.4) is 0 Å². The van der Waals surface area contributed by atoms with Crippen molar-refractivity contribution in [1.29, 1.82) is 0 Å². The highest BCUT2D eigenvalue weighted by Gasteiger charge is 2.46. The minimum Gasteiger partial charge on any atom is -0.503 e. The molecule has 1 aromatic carbocycles. The quantitative estimate of drug-likeness (QED) is 0.383. The zero-order chi connectivity index (χ0) is 22.3. The van der Waals surface area contributed by atoms with Crippen molar-refractivity contribution in [2.45, 2.75) is 13.0 Å². The van der Waals surface area contributed by atoms with Gasteiger partial charge in [-0.2, -0.15) is 0 Å². The van der Waals surface area contributed by atoms with Crippen LogP contribution in [0.15, 0.2) is 57.6 Å². The number of amides is 1. The van der Waals surface area contributed by atoms with Gasteiger partial charge in [-0.15, -0.1) is 11.3 Å². The minimum absolute atomic E-state index is 0.0296. The molecule has 10 heteroatoms. The van der Waals surface area contributed by atoms with Gasteiger partial charge in [0.25, 0.3) is 5.91 Å². The summed E-state index contributed by atoms with van der Waals surface area (Å²) in [4.78, 5) is 44.7. The number of carbonyl (C=O) groups is 3. The van der Waals surface area contributed by atoms with E-state index in [1.165, 1.54) is 23.3 Å². The number of aromatic nitrogens is 1. The monoisotopic (exact) mass is 518 g/mol. The summed E-state index contributed by atoms with van der Waals surface area (Å²) in [6.07, 6.45) is 0. The number of nitrogens with zero attached hydrogens (tertiary/aromatic N) is 2. The molecule has 1 aliphatic heterocycles. The first-order valence-electron chi connectivity index (χ1n) is 8.99. The van der Waals surface area contributed by atoms with Crippen LogP contribution >= 0.6 is 38.6 Å². The molecule has 31 heavy (non-hydrogen) atoms. The number of carbonyl (C=O) groups excluding carboxylic acids is 3. The van der Waals surface area contributed by atoms with E-state index in [0.29, 0.717) is 16.1 Å². The topological polar surface area (TPSA) is 96.8 Å². The summed E-state index contributed by atoms with van der Waals surface area (Å²) in [5.41, 5.74) is 0.974. The van der Waals surface area contributed by atoms with E-state index in [4.69, 9.17) is 4.74 Å². The fraction of sp³-hybridized carbons (Fsp3) is 0.143. The predicted octanol–water partition coefficient (Wildman–Crippen LogP) is 4.85. The van der Waals surface area contributed by atoms with Crippen LogP contribution in [-0.4, -0.2) is 34.9 Å². The Hall–Kier alpha value is -2.82. The van der Waals surface area contributed by atoms with E-state index in [2.05, 4.69) is 20.9 Å². The maximum absolute atomic E-state index is 13.2. The Kier molecular flexibility index (Phi) is 5.78. The average Bonchev–Trinajstić information content (AvgIpc) is 3.47. The van der Waals surface area contributed by atoms with Gasteiger partial charge >= 0.3 is 5.97 Å². The van der Waals surface area contributed by atoms with Crippen molar-refractivity contribution in [1.82, 2.24) is 4.98 Å². The Bertz CT molecular complexity index is 1230. The molecule has 1 aliphatic rings. The number of aliphatic hydroxyl groups is 1. The summed E-state index contributed by atoms with van der Waals surface area (Å²) >= 11 is 5.61. The van der Waals surface area contributed by atoms with Gasteiger partial charge in [0, 0.05) is 4.47 Å². The van der Waals surface area contributed by atoms with Gasteiger partial charge in [0.05, 0.1) is 29.3 Å². The fourth-order valence-corrected chi connectivity index (χ4v) is 5.44. The lowest BCUT2D eigenvalue weighted by Gasteiger charge is -2.24. The standard InChI is InChI=1S/C21H15BrN2O5S2/c1-10-18(20(28)29-2)31-21(23-10)24-15(11-5-3-6-12(22)9-11)14(17(26)19(24)27)16(25)13-7-4-8-30-13/h3-9,15,26H,1-2H3/t15-/m0/s1.